The number of aromatic nitrogens is 2. The molecule has 190 valence electrons. The molecule has 1 aromatic heterocycles. The number of carbonyl (C=O) groups excluding carboxylic acids is 2. The Morgan fingerprint density at radius 3 is 2.71 bits per heavy atom. The number of piperazine rings is 1. The van der Waals surface area contributed by atoms with Crippen LogP contribution in [0.1, 0.15) is 37.7 Å². The Bertz CT molecular complexity index is 977. The van der Waals surface area contributed by atoms with Gasteiger partial charge in [0.2, 0.25) is 11.8 Å². The fraction of sp³-hybridized carbons (Fsp3) is 0.577. The van der Waals surface area contributed by atoms with E-state index in [4.69, 9.17) is 16.3 Å². The minimum absolute atomic E-state index is 0.146. The second-order valence-corrected chi connectivity index (χ2v) is 10.4. The second-order valence-electron chi connectivity index (χ2n) is 9.99. The van der Waals surface area contributed by atoms with Gasteiger partial charge in [0.15, 0.2) is 0 Å². The quantitative estimate of drug-likeness (QED) is 0.570. The van der Waals surface area contributed by atoms with Gasteiger partial charge in [-0.15, -0.1) is 0 Å². The molecule has 2 aliphatic heterocycles. The molecule has 1 atom stereocenters. The Hall–Kier alpha value is -2.58. The van der Waals surface area contributed by atoms with E-state index in [1.54, 1.807) is 12.3 Å². The largest absolute Gasteiger partial charge is 0.493 e. The number of H-pyrrole nitrogens is 1. The van der Waals surface area contributed by atoms with Gasteiger partial charge < -0.3 is 19.4 Å². The van der Waals surface area contributed by atoms with Crippen LogP contribution in [0.25, 0.3) is 0 Å². The summed E-state index contributed by atoms with van der Waals surface area (Å²) in [7, 11) is 2.08. The number of nitrogens with zero attached hydrogens (tertiary/aromatic N) is 4. The van der Waals surface area contributed by atoms with Crippen LogP contribution >= 0.6 is 11.6 Å². The van der Waals surface area contributed by atoms with Crippen LogP contribution in [0.5, 0.6) is 5.75 Å². The number of piperidine rings is 1. The maximum Gasteiger partial charge on any atom is 0.223 e. The van der Waals surface area contributed by atoms with E-state index in [-0.39, 0.29) is 11.8 Å². The lowest BCUT2D eigenvalue weighted by molar-refractivity contribution is -0.142. The number of aromatic amines is 1. The monoisotopic (exact) mass is 501 g/mol. The summed E-state index contributed by atoms with van der Waals surface area (Å²) in [5.41, 5.74) is 0.694. The van der Waals surface area contributed by atoms with E-state index in [0.29, 0.717) is 36.8 Å². The Kier molecular flexibility index (Phi) is 8.68. The topological polar surface area (TPSA) is 81.8 Å². The third kappa shape index (κ3) is 7.21. The minimum atomic E-state index is -0.415. The lowest BCUT2D eigenvalue weighted by Crippen LogP contribution is -2.53. The Morgan fingerprint density at radius 1 is 1.14 bits per heavy atom. The molecule has 35 heavy (non-hydrogen) atoms. The number of benzene rings is 1. The smallest absolute Gasteiger partial charge is 0.223 e. The van der Waals surface area contributed by atoms with Gasteiger partial charge in [-0.25, -0.2) is 0 Å². The highest BCUT2D eigenvalue weighted by molar-refractivity contribution is 6.30. The van der Waals surface area contributed by atoms with E-state index < -0.39 is 5.41 Å². The Morgan fingerprint density at radius 2 is 1.97 bits per heavy atom. The lowest BCUT2D eigenvalue weighted by atomic mass is 9.77. The van der Waals surface area contributed by atoms with Gasteiger partial charge in [0.1, 0.15) is 5.75 Å². The highest BCUT2D eigenvalue weighted by Gasteiger charge is 2.41. The number of aryl methyl sites for hydroxylation is 1. The number of amides is 2. The molecule has 2 amide bonds. The summed E-state index contributed by atoms with van der Waals surface area (Å²) in [5, 5.41) is 7.40. The van der Waals surface area contributed by atoms with E-state index >= 15 is 0 Å². The van der Waals surface area contributed by atoms with E-state index in [9.17, 15) is 9.59 Å². The fourth-order valence-corrected chi connectivity index (χ4v) is 5.21. The molecule has 1 N–H and O–H groups in total. The van der Waals surface area contributed by atoms with Crippen molar-refractivity contribution in [2.24, 2.45) is 5.41 Å². The molecule has 2 aromatic rings. The molecule has 8 nitrogen and oxygen atoms in total. The SMILES string of the molecule is CN1CCN(C(=O)C[C@]2(COc3cccc(Cl)c3)CCCN(C(=O)CCCc3cn[nH]c3)C2)CC1. The van der Waals surface area contributed by atoms with Crippen LogP contribution in [0.4, 0.5) is 0 Å². The first-order valence-corrected chi connectivity index (χ1v) is 12.9. The van der Waals surface area contributed by atoms with Crippen molar-refractivity contribution in [2.75, 3.05) is 52.9 Å². The number of hydrogen-bond donors (Lipinski definition) is 1. The van der Waals surface area contributed by atoms with Crippen LogP contribution in [-0.2, 0) is 16.0 Å². The molecule has 0 saturated carbocycles. The lowest BCUT2D eigenvalue weighted by Gasteiger charge is -2.43. The van der Waals surface area contributed by atoms with Crippen LogP contribution in [-0.4, -0.2) is 89.6 Å². The summed E-state index contributed by atoms with van der Waals surface area (Å²) in [4.78, 5) is 32.6. The van der Waals surface area contributed by atoms with Gasteiger partial charge >= 0.3 is 0 Å². The third-order valence-corrected chi connectivity index (χ3v) is 7.38. The predicted octanol–water partition coefficient (Wildman–Crippen LogP) is 3.24. The molecular weight excluding hydrogens is 466 g/mol. The number of likely N-dealkylation sites (tertiary alicyclic amines) is 1. The third-order valence-electron chi connectivity index (χ3n) is 7.15. The van der Waals surface area contributed by atoms with Gasteiger partial charge in [0.25, 0.3) is 0 Å². The fourth-order valence-electron chi connectivity index (χ4n) is 5.03. The molecule has 0 unspecified atom stereocenters. The molecule has 0 radical (unpaired) electrons. The Balaban J connectivity index is 1.41. The number of hydrogen-bond acceptors (Lipinski definition) is 5. The number of nitrogens with one attached hydrogen (secondary N) is 1. The maximum atomic E-state index is 13.3. The van der Waals surface area contributed by atoms with Gasteiger partial charge in [-0.1, -0.05) is 17.7 Å². The standard InChI is InChI=1S/C26H36ClN5O3/c1-30-11-13-31(14-12-30)25(34)16-26(20-35-23-7-3-6-22(27)15-23)9-4-10-32(19-26)24(33)8-2-5-21-17-28-29-18-21/h3,6-7,15,17-18H,2,4-5,8-14,16,19-20H2,1H3,(H,28,29)/t26-/m1/s1. The van der Waals surface area contributed by atoms with Crippen LogP contribution in [0.2, 0.25) is 5.02 Å². The van der Waals surface area contributed by atoms with Gasteiger partial charge in [-0.05, 0) is 56.5 Å². The zero-order chi connectivity index (χ0) is 24.7. The van der Waals surface area contributed by atoms with Crippen molar-refractivity contribution >= 4 is 23.4 Å². The molecular formula is C26H36ClN5O3. The van der Waals surface area contributed by atoms with Gasteiger partial charge in [0, 0.05) is 68.7 Å². The van der Waals surface area contributed by atoms with Crippen molar-refractivity contribution in [1.29, 1.82) is 0 Å². The van der Waals surface area contributed by atoms with Crippen molar-refractivity contribution in [1.82, 2.24) is 24.9 Å². The van der Waals surface area contributed by atoms with Crippen LogP contribution in [0.3, 0.4) is 0 Å². The average Bonchev–Trinajstić information content (AvgIpc) is 3.37. The molecule has 2 saturated heterocycles. The number of carbonyl (C=O) groups is 2. The molecule has 4 rings (SSSR count). The van der Waals surface area contributed by atoms with E-state index in [2.05, 4.69) is 22.1 Å². The molecule has 2 fully saturated rings. The molecule has 0 spiro atoms. The van der Waals surface area contributed by atoms with Crippen molar-refractivity contribution in [3.05, 3.63) is 47.2 Å². The van der Waals surface area contributed by atoms with Crippen LogP contribution in [0.15, 0.2) is 36.7 Å². The summed E-state index contributed by atoms with van der Waals surface area (Å²) in [6, 6.07) is 7.34. The van der Waals surface area contributed by atoms with Crippen LogP contribution < -0.4 is 4.74 Å². The number of rotatable bonds is 9. The molecule has 9 heteroatoms. The zero-order valence-corrected chi connectivity index (χ0v) is 21.3. The highest BCUT2D eigenvalue weighted by atomic mass is 35.5. The normalized spacial score (nSPS) is 21.2. The number of ether oxygens (including phenoxy) is 1. The highest BCUT2D eigenvalue weighted by Crippen LogP contribution is 2.36. The van der Waals surface area contributed by atoms with Crippen molar-refractivity contribution in [3.8, 4) is 5.75 Å². The van der Waals surface area contributed by atoms with E-state index in [0.717, 1.165) is 64.0 Å². The van der Waals surface area contributed by atoms with Gasteiger partial charge in [-0.3, -0.25) is 14.7 Å². The van der Waals surface area contributed by atoms with Gasteiger partial charge in [0.05, 0.1) is 12.8 Å². The average molecular weight is 502 g/mol. The maximum absolute atomic E-state index is 13.3. The minimum Gasteiger partial charge on any atom is -0.493 e. The van der Waals surface area contributed by atoms with Crippen LogP contribution in [0, 0.1) is 5.41 Å². The van der Waals surface area contributed by atoms with Crippen molar-refractivity contribution < 1.29 is 14.3 Å². The van der Waals surface area contributed by atoms with E-state index in [1.807, 2.05) is 34.2 Å². The number of likely N-dealkylation sites (N-methyl/N-ethyl adjacent to an activating group) is 1. The summed E-state index contributed by atoms with van der Waals surface area (Å²) in [6.45, 7) is 4.92. The van der Waals surface area contributed by atoms with E-state index in [1.165, 1.54) is 0 Å². The molecule has 1 aromatic carbocycles. The first kappa shape index (κ1) is 25.5. The second kappa shape index (κ2) is 11.9. The molecule has 3 heterocycles. The first-order chi connectivity index (χ1) is 16.9. The molecule has 0 aliphatic carbocycles. The summed E-state index contributed by atoms with van der Waals surface area (Å²) in [6.07, 6.45) is 7.86. The molecule has 2 aliphatic rings. The number of halogens is 1. The predicted molar refractivity (Wildman–Crippen MR) is 135 cm³/mol. The summed E-state index contributed by atoms with van der Waals surface area (Å²) in [5.74, 6) is 0.988. The molecule has 0 bridgehead atoms. The Labute approximate surface area is 212 Å². The summed E-state index contributed by atoms with van der Waals surface area (Å²) >= 11 is 6.15. The first-order valence-electron chi connectivity index (χ1n) is 12.5. The van der Waals surface area contributed by atoms with Crippen molar-refractivity contribution in [3.63, 3.8) is 0 Å². The van der Waals surface area contributed by atoms with Crippen molar-refractivity contribution in [2.45, 2.75) is 38.5 Å². The zero-order valence-electron chi connectivity index (χ0n) is 20.5. The summed E-state index contributed by atoms with van der Waals surface area (Å²) < 4.78 is 6.18. The van der Waals surface area contributed by atoms with Gasteiger partial charge in [-0.2, -0.15) is 5.10 Å².